The van der Waals surface area contributed by atoms with Gasteiger partial charge in [0.25, 0.3) is 0 Å². The second kappa shape index (κ2) is 9.35. The minimum atomic E-state index is -4.55. The van der Waals surface area contributed by atoms with Crippen molar-refractivity contribution in [3.8, 4) is 28.2 Å². The topological polar surface area (TPSA) is 43.1 Å². The molecule has 1 aliphatic carbocycles. The summed E-state index contributed by atoms with van der Waals surface area (Å²) >= 11 is 0. The predicted octanol–water partition coefficient (Wildman–Crippen LogP) is 6.48. The maximum atomic E-state index is 14.2. The number of halogens is 3. The van der Waals surface area contributed by atoms with Gasteiger partial charge in [-0.15, -0.1) is 0 Å². The molecule has 1 fully saturated rings. The van der Waals surface area contributed by atoms with E-state index >= 15 is 0 Å². The highest BCUT2D eigenvalue weighted by Gasteiger charge is 2.36. The first-order valence-corrected chi connectivity index (χ1v) is 12.8. The van der Waals surface area contributed by atoms with E-state index in [0.717, 1.165) is 42.9 Å². The number of alkyl halides is 3. The van der Waals surface area contributed by atoms with E-state index in [1.54, 1.807) is 30.4 Å². The molecule has 0 bridgehead atoms. The lowest BCUT2D eigenvalue weighted by Crippen LogP contribution is -2.31. The van der Waals surface area contributed by atoms with Crippen molar-refractivity contribution in [2.45, 2.75) is 31.9 Å². The van der Waals surface area contributed by atoms with Crippen LogP contribution in [0.25, 0.3) is 34.3 Å². The number of anilines is 1. The SMILES string of the molecule is Cn1cc(-c2cc(-c3ccc4c(c3)C=CC4)ccn2)n(-c2ccc(N3CCCCC3)c(C(F)(F)F)c2)c1=O. The minimum Gasteiger partial charge on any atom is -0.371 e. The van der Waals surface area contributed by atoms with E-state index in [2.05, 4.69) is 35.3 Å². The van der Waals surface area contributed by atoms with E-state index in [9.17, 15) is 18.0 Å². The Balaban J connectivity index is 1.45. The molecule has 8 heteroatoms. The Labute approximate surface area is 218 Å². The number of aromatic nitrogens is 3. The normalized spacial score (nSPS) is 15.2. The van der Waals surface area contributed by atoms with Crippen molar-refractivity contribution in [2.24, 2.45) is 7.05 Å². The molecule has 0 N–H and O–H groups in total. The van der Waals surface area contributed by atoms with Crippen LogP contribution in [0.15, 0.2) is 71.8 Å². The molecule has 6 rings (SSSR count). The van der Waals surface area contributed by atoms with Crippen LogP contribution >= 0.6 is 0 Å². The zero-order valence-electron chi connectivity index (χ0n) is 21.0. The minimum absolute atomic E-state index is 0.161. The van der Waals surface area contributed by atoms with Gasteiger partial charge in [0.05, 0.1) is 22.6 Å². The number of benzene rings is 2. The van der Waals surface area contributed by atoms with Gasteiger partial charge in [-0.25, -0.2) is 4.79 Å². The van der Waals surface area contributed by atoms with Crippen LogP contribution in [0.5, 0.6) is 0 Å². The lowest BCUT2D eigenvalue weighted by molar-refractivity contribution is -0.137. The molecule has 0 radical (unpaired) electrons. The third kappa shape index (κ3) is 4.34. The standard InChI is InChI=1S/C30H27F3N4O/c1-35-19-28(26-17-23(12-13-34-26)22-9-8-20-6-5-7-21(20)16-22)37(29(35)38)24-10-11-27(25(18-24)30(31,32)33)36-14-3-2-4-15-36/h5,7-13,16-19H,2-4,6,14-15H2,1H3. The number of allylic oxidation sites excluding steroid dienone is 1. The van der Waals surface area contributed by atoms with Crippen LogP contribution < -0.4 is 10.6 Å². The molecule has 0 saturated carbocycles. The van der Waals surface area contributed by atoms with E-state index in [4.69, 9.17) is 0 Å². The van der Waals surface area contributed by atoms with Crippen LogP contribution in [-0.4, -0.2) is 27.2 Å². The number of aryl methyl sites for hydroxylation is 1. The van der Waals surface area contributed by atoms with Crippen LogP contribution in [0.1, 0.15) is 36.0 Å². The van der Waals surface area contributed by atoms with Crippen LogP contribution in [0.2, 0.25) is 0 Å². The fourth-order valence-corrected chi connectivity index (χ4v) is 5.47. The molecule has 2 aromatic heterocycles. The Morgan fingerprint density at radius 3 is 2.50 bits per heavy atom. The summed E-state index contributed by atoms with van der Waals surface area (Å²) in [5, 5.41) is 0. The van der Waals surface area contributed by atoms with Crippen molar-refractivity contribution in [1.82, 2.24) is 14.1 Å². The quantitative estimate of drug-likeness (QED) is 0.312. The highest BCUT2D eigenvalue weighted by Crippen LogP contribution is 2.39. The third-order valence-electron chi connectivity index (χ3n) is 7.43. The Kier molecular flexibility index (Phi) is 5.97. The van der Waals surface area contributed by atoms with Crippen LogP contribution in [0.4, 0.5) is 18.9 Å². The van der Waals surface area contributed by atoms with Crippen LogP contribution in [-0.2, 0) is 19.6 Å². The highest BCUT2D eigenvalue weighted by atomic mass is 19.4. The third-order valence-corrected chi connectivity index (χ3v) is 7.43. The summed E-state index contributed by atoms with van der Waals surface area (Å²) in [5.41, 5.74) is 4.46. The van der Waals surface area contributed by atoms with Crippen molar-refractivity contribution >= 4 is 11.8 Å². The molecule has 1 aliphatic heterocycles. The number of hydrogen-bond donors (Lipinski definition) is 0. The largest absolute Gasteiger partial charge is 0.418 e. The van der Waals surface area contributed by atoms with Gasteiger partial charge in [-0.1, -0.05) is 24.3 Å². The zero-order valence-corrected chi connectivity index (χ0v) is 21.0. The maximum Gasteiger partial charge on any atom is 0.418 e. The van der Waals surface area contributed by atoms with E-state index in [0.29, 0.717) is 24.5 Å². The predicted molar refractivity (Wildman–Crippen MR) is 143 cm³/mol. The molecular weight excluding hydrogens is 489 g/mol. The average molecular weight is 517 g/mol. The van der Waals surface area contributed by atoms with Crippen molar-refractivity contribution in [1.29, 1.82) is 0 Å². The smallest absolute Gasteiger partial charge is 0.371 e. The van der Waals surface area contributed by atoms with E-state index in [1.165, 1.54) is 26.3 Å². The number of hydrogen-bond acceptors (Lipinski definition) is 3. The first-order chi connectivity index (χ1) is 18.3. The molecule has 0 atom stereocenters. The van der Waals surface area contributed by atoms with E-state index < -0.39 is 17.4 Å². The van der Waals surface area contributed by atoms with E-state index in [1.807, 2.05) is 12.1 Å². The molecule has 1 saturated heterocycles. The zero-order chi connectivity index (χ0) is 26.4. The molecule has 4 aromatic rings. The Morgan fingerprint density at radius 1 is 0.921 bits per heavy atom. The first-order valence-electron chi connectivity index (χ1n) is 12.8. The van der Waals surface area contributed by atoms with Crippen LogP contribution in [0.3, 0.4) is 0 Å². The summed E-state index contributed by atoms with van der Waals surface area (Å²) in [4.78, 5) is 19.5. The molecule has 0 amide bonds. The number of fused-ring (bicyclic) bond motifs is 1. The van der Waals surface area contributed by atoms with Gasteiger partial charge < -0.3 is 9.47 Å². The van der Waals surface area contributed by atoms with Crippen molar-refractivity contribution < 1.29 is 13.2 Å². The summed E-state index contributed by atoms with van der Waals surface area (Å²) in [6.07, 6.45) is 6.62. The van der Waals surface area contributed by atoms with Gasteiger partial charge in [-0.05, 0) is 84.3 Å². The Morgan fingerprint density at radius 2 is 1.71 bits per heavy atom. The first kappa shape index (κ1) is 24.3. The van der Waals surface area contributed by atoms with Gasteiger partial charge in [-0.2, -0.15) is 13.2 Å². The number of pyridine rings is 1. The molecule has 3 heterocycles. The van der Waals surface area contributed by atoms with Gasteiger partial charge in [-0.3, -0.25) is 9.55 Å². The lowest BCUT2D eigenvalue weighted by Gasteiger charge is -2.31. The average Bonchev–Trinajstić information content (AvgIpc) is 3.52. The van der Waals surface area contributed by atoms with Gasteiger partial charge in [0, 0.05) is 38.2 Å². The van der Waals surface area contributed by atoms with Crippen molar-refractivity contribution in [3.63, 3.8) is 0 Å². The number of imidazole rings is 1. The second-order valence-electron chi connectivity index (χ2n) is 9.94. The maximum absolute atomic E-state index is 14.2. The summed E-state index contributed by atoms with van der Waals surface area (Å²) in [6.45, 7) is 1.18. The summed E-state index contributed by atoms with van der Waals surface area (Å²) in [7, 11) is 1.59. The number of rotatable bonds is 4. The summed E-state index contributed by atoms with van der Waals surface area (Å²) in [6, 6.07) is 14.2. The van der Waals surface area contributed by atoms with E-state index in [-0.39, 0.29) is 11.4 Å². The lowest BCUT2D eigenvalue weighted by atomic mass is 10.0. The fraction of sp³-hybridized carbons (Fsp3) is 0.267. The number of nitrogens with zero attached hydrogens (tertiary/aromatic N) is 4. The Bertz CT molecular complexity index is 1610. The molecule has 2 aromatic carbocycles. The molecule has 5 nitrogen and oxygen atoms in total. The fourth-order valence-electron chi connectivity index (χ4n) is 5.47. The molecular formula is C30H27F3N4O. The van der Waals surface area contributed by atoms with Crippen molar-refractivity contribution in [2.75, 3.05) is 18.0 Å². The van der Waals surface area contributed by atoms with Gasteiger partial charge in [0.1, 0.15) is 0 Å². The van der Waals surface area contributed by atoms with Crippen LogP contribution in [0, 0.1) is 0 Å². The highest BCUT2D eigenvalue weighted by molar-refractivity contribution is 5.74. The molecule has 38 heavy (non-hydrogen) atoms. The second-order valence-corrected chi connectivity index (χ2v) is 9.94. The molecule has 194 valence electrons. The van der Waals surface area contributed by atoms with Gasteiger partial charge in [0.15, 0.2) is 0 Å². The van der Waals surface area contributed by atoms with Gasteiger partial charge in [0.2, 0.25) is 0 Å². The van der Waals surface area contributed by atoms with Gasteiger partial charge >= 0.3 is 11.9 Å². The molecule has 2 aliphatic rings. The monoisotopic (exact) mass is 516 g/mol. The van der Waals surface area contributed by atoms with Crippen molar-refractivity contribution in [3.05, 3.63) is 94.2 Å². The summed E-state index contributed by atoms with van der Waals surface area (Å²) < 4.78 is 45.4. The molecule has 0 unspecified atom stereocenters. The molecule has 0 spiro atoms. The summed E-state index contributed by atoms with van der Waals surface area (Å²) in [5.74, 6) is 0. The number of piperidine rings is 1. The Hall–Kier alpha value is -4.07.